The van der Waals surface area contributed by atoms with Crippen molar-refractivity contribution >= 4 is 44.8 Å². The second-order valence-electron chi connectivity index (χ2n) is 8.24. The molecule has 2 heterocycles. The summed E-state index contributed by atoms with van der Waals surface area (Å²) in [5.41, 5.74) is 2.79. The van der Waals surface area contributed by atoms with Gasteiger partial charge in [-0.1, -0.05) is 24.1 Å². The van der Waals surface area contributed by atoms with Gasteiger partial charge in [0.05, 0.1) is 4.90 Å². The average Bonchev–Trinajstić information content (AvgIpc) is 2.78. The van der Waals surface area contributed by atoms with Crippen LogP contribution in [0.2, 0.25) is 5.02 Å². The maximum atomic E-state index is 13.0. The van der Waals surface area contributed by atoms with Crippen molar-refractivity contribution in [1.29, 1.82) is 0 Å². The predicted molar refractivity (Wildman–Crippen MR) is 125 cm³/mol. The van der Waals surface area contributed by atoms with Crippen molar-refractivity contribution < 1.29 is 18.0 Å². The van der Waals surface area contributed by atoms with E-state index in [4.69, 9.17) is 11.6 Å². The molecule has 2 aromatic carbocycles. The summed E-state index contributed by atoms with van der Waals surface area (Å²) in [6, 6.07) is 10.0. The zero-order valence-electron chi connectivity index (χ0n) is 17.9. The lowest BCUT2D eigenvalue weighted by Crippen LogP contribution is -2.41. The number of hydrogen-bond donors (Lipinski definition) is 1. The summed E-state index contributed by atoms with van der Waals surface area (Å²) in [5.74, 6) is -0.510. The Balaban J connectivity index is 1.55. The Morgan fingerprint density at radius 3 is 2.56 bits per heavy atom. The van der Waals surface area contributed by atoms with Crippen LogP contribution in [-0.2, 0) is 26.0 Å². The Hall–Kier alpha value is -2.42. The molecule has 170 valence electrons. The highest BCUT2D eigenvalue weighted by molar-refractivity contribution is 7.89. The molecule has 2 aliphatic heterocycles. The van der Waals surface area contributed by atoms with E-state index >= 15 is 0 Å². The molecule has 1 N–H and O–H groups in total. The number of hydrogen-bond acceptors (Lipinski definition) is 4. The molecule has 0 spiro atoms. The summed E-state index contributed by atoms with van der Waals surface area (Å²) in [5, 5.41) is 3.32. The highest BCUT2D eigenvalue weighted by Gasteiger charge is 2.30. The van der Waals surface area contributed by atoms with E-state index < -0.39 is 10.0 Å². The van der Waals surface area contributed by atoms with Gasteiger partial charge in [-0.05, 0) is 67.6 Å². The molecule has 0 bridgehead atoms. The van der Waals surface area contributed by atoms with Gasteiger partial charge in [-0.2, -0.15) is 4.31 Å². The molecule has 0 atom stereocenters. The lowest BCUT2D eigenvalue weighted by molar-refractivity contribution is -0.121. The lowest BCUT2D eigenvalue weighted by atomic mass is 10.0. The molecule has 2 aliphatic rings. The van der Waals surface area contributed by atoms with Gasteiger partial charge in [0.15, 0.2) is 0 Å². The molecule has 7 nitrogen and oxygen atoms in total. The van der Waals surface area contributed by atoms with E-state index in [2.05, 4.69) is 5.32 Å². The van der Waals surface area contributed by atoms with Gasteiger partial charge in [-0.25, -0.2) is 8.42 Å². The predicted octanol–water partition coefficient (Wildman–Crippen LogP) is 3.74. The fourth-order valence-corrected chi connectivity index (χ4v) is 5.93. The highest BCUT2D eigenvalue weighted by atomic mass is 35.5. The van der Waals surface area contributed by atoms with Gasteiger partial charge in [0.25, 0.3) is 0 Å². The van der Waals surface area contributed by atoms with Crippen molar-refractivity contribution in [3.05, 3.63) is 52.5 Å². The quantitative estimate of drug-likeness (QED) is 0.713. The summed E-state index contributed by atoms with van der Waals surface area (Å²) in [6.45, 7) is 2.77. The number of carbonyl (C=O) groups is 2. The molecule has 0 aliphatic carbocycles. The van der Waals surface area contributed by atoms with Crippen LogP contribution >= 0.6 is 11.6 Å². The van der Waals surface area contributed by atoms with Crippen LogP contribution in [0, 0.1) is 6.92 Å². The van der Waals surface area contributed by atoms with Crippen molar-refractivity contribution in [1.82, 2.24) is 4.31 Å². The monoisotopic (exact) mass is 475 g/mol. The van der Waals surface area contributed by atoms with Crippen LogP contribution in [0.4, 0.5) is 11.4 Å². The number of fused-ring (bicyclic) bond motifs is 1. The molecule has 2 amide bonds. The number of nitrogens with zero attached hydrogens (tertiary/aromatic N) is 2. The van der Waals surface area contributed by atoms with Gasteiger partial charge >= 0.3 is 0 Å². The number of sulfonamides is 1. The molecule has 2 aromatic rings. The molecular weight excluding hydrogens is 450 g/mol. The number of rotatable bonds is 5. The second kappa shape index (κ2) is 9.21. The van der Waals surface area contributed by atoms with Crippen LogP contribution in [0.15, 0.2) is 41.3 Å². The summed E-state index contributed by atoms with van der Waals surface area (Å²) >= 11 is 6.02. The molecule has 9 heteroatoms. The summed E-state index contributed by atoms with van der Waals surface area (Å²) in [4.78, 5) is 26.9. The topological polar surface area (TPSA) is 86.8 Å². The van der Waals surface area contributed by atoms with Crippen molar-refractivity contribution in [3.8, 4) is 0 Å². The first kappa shape index (κ1) is 22.8. The van der Waals surface area contributed by atoms with Crippen LogP contribution in [0.5, 0.6) is 0 Å². The Kier molecular flexibility index (Phi) is 6.55. The third-order valence-corrected chi connectivity index (χ3v) is 8.11. The first-order chi connectivity index (χ1) is 15.3. The van der Waals surface area contributed by atoms with E-state index in [1.807, 2.05) is 13.0 Å². The fraction of sp³-hybridized carbons (Fsp3) is 0.391. The molecule has 1 saturated heterocycles. The van der Waals surface area contributed by atoms with Crippen molar-refractivity contribution in [2.24, 2.45) is 0 Å². The van der Waals surface area contributed by atoms with E-state index in [0.717, 1.165) is 30.4 Å². The largest absolute Gasteiger partial charge is 0.324 e. The van der Waals surface area contributed by atoms with Gasteiger partial charge in [0.2, 0.25) is 21.8 Å². The molecule has 0 radical (unpaired) electrons. The number of nitrogens with one attached hydrogen (secondary N) is 1. The number of aryl methyl sites for hydroxylation is 2. The van der Waals surface area contributed by atoms with Gasteiger partial charge in [-0.15, -0.1) is 0 Å². The minimum Gasteiger partial charge on any atom is -0.324 e. The summed E-state index contributed by atoms with van der Waals surface area (Å²) in [6.07, 6.45) is 3.46. The van der Waals surface area contributed by atoms with E-state index in [0.29, 0.717) is 35.9 Å². The van der Waals surface area contributed by atoms with Crippen molar-refractivity contribution in [3.63, 3.8) is 0 Å². The maximum Gasteiger partial charge on any atom is 0.244 e. The highest BCUT2D eigenvalue weighted by Crippen LogP contribution is 2.32. The van der Waals surface area contributed by atoms with Crippen LogP contribution in [-0.4, -0.2) is 44.2 Å². The standard InChI is InChI=1S/C23H26ClN3O4S/c1-16-5-7-18(24)14-20(16)25-22(28)15-27-21-9-8-19(13-17(21)6-10-23(27)29)32(30,31)26-11-3-2-4-12-26/h5,7-9,13-14H,2-4,6,10-12,15H2,1H3,(H,25,28). The van der Waals surface area contributed by atoms with Gasteiger partial charge in [0.1, 0.15) is 6.54 Å². The van der Waals surface area contributed by atoms with Gasteiger partial charge < -0.3 is 10.2 Å². The fourth-order valence-electron chi connectivity index (χ4n) is 4.19. The number of piperidine rings is 1. The van der Waals surface area contributed by atoms with Crippen LogP contribution in [0.25, 0.3) is 0 Å². The van der Waals surface area contributed by atoms with E-state index in [-0.39, 0.29) is 29.7 Å². The van der Waals surface area contributed by atoms with Gasteiger partial charge in [0, 0.05) is 35.9 Å². The van der Waals surface area contributed by atoms with Crippen LogP contribution in [0.1, 0.15) is 36.8 Å². The van der Waals surface area contributed by atoms with Crippen LogP contribution < -0.4 is 10.2 Å². The van der Waals surface area contributed by atoms with Crippen molar-refractivity contribution in [2.45, 2.75) is 43.9 Å². The van der Waals surface area contributed by atoms with Crippen LogP contribution in [0.3, 0.4) is 0 Å². The molecular formula is C23H26ClN3O4S. The number of amides is 2. The first-order valence-corrected chi connectivity index (χ1v) is 12.6. The molecule has 32 heavy (non-hydrogen) atoms. The van der Waals surface area contributed by atoms with E-state index in [1.165, 1.54) is 15.3 Å². The Morgan fingerprint density at radius 2 is 1.81 bits per heavy atom. The Morgan fingerprint density at radius 1 is 1.06 bits per heavy atom. The normalized spacial score (nSPS) is 17.2. The molecule has 0 unspecified atom stereocenters. The number of benzene rings is 2. The Bertz CT molecular complexity index is 1160. The smallest absolute Gasteiger partial charge is 0.244 e. The maximum absolute atomic E-state index is 13.0. The van der Waals surface area contributed by atoms with E-state index in [1.54, 1.807) is 24.3 Å². The first-order valence-electron chi connectivity index (χ1n) is 10.7. The number of halogens is 1. The molecule has 1 fully saturated rings. The number of anilines is 2. The van der Waals surface area contributed by atoms with Crippen molar-refractivity contribution in [2.75, 3.05) is 29.9 Å². The SMILES string of the molecule is Cc1ccc(Cl)cc1NC(=O)CN1C(=O)CCc2cc(S(=O)(=O)N3CCCCC3)ccc21. The average molecular weight is 476 g/mol. The molecule has 0 saturated carbocycles. The second-order valence-corrected chi connectivity index (χ2v) is 10.6. The lowest BCUT2D eigenvalue weighted by Gasteiger charge is -2.30. The third-order valence-electron chi connectivity index (χ3n) is 5.98. The minimum absolute atomic E-state index is 0.157. The van der Waals surface area contributed by atoms with Gasteiger partial charge in [-0.3, -0.25) is 9.59 Å². The summed E-state index contributed by atoms with van der Waals surface area (Å²) < 4.78 is 27.6. The zero-order chi connectivity index (χ0) is 22.9. The Labute approximate surface area is 193 Å². The zero-order valence-corrected chi connectivity index (χ0v) is 19.5. The molecule has 0 aromatic heterocycles. The minimum atomic E-state index is -3.56. The van der Waals surface area contributed by atoms with E-state index in [9.17, 15) is 18.0 Å². The molecule has 4 rings (SSSR count). The summed E-state index contributed by atoms with van der Waals surface area (Å²) in [7, 11) is -3.56. The third kappa shape index (κ3) is 4.67. The number of carbonyl (C=O) groups excluding carboxylic acids is 2.